The van der Waals surface area contributed by atoms with Crippen LogP contribution in [0.4, 0.5) is 0 Å². The molecule has 0 unspecified atom stereocenters. The molecule has 102 valence electrons. The van der Waals surface area contributed by atoms with Crippen molar-refractivity contribution in [2.75, 3.05) is 27.4 Å². The second-order valence-electron chi connectivity index (χ2n) is 4.72. The van der Waals surface area contributed by atoms with Gasteiger partial charge < -0.3 is 18.9 Å². The summed E-state index contributed by atoms with van der Waals surface area (Å²) in [6.07, 6.45) is 1.82. The Hall–Kier alpha value is -1.14. The van der Waals surface area contributed by atoms with Crippen molar-refractivity contribution < 1.29 is 28.5 Å². The zero-order chi connectivity index (χ0) is 13.2. The van der Waals surface area contributed by atoms with E-state index in [1.54, 1.807) is 0 Å². The van der Waals surface area contributed by atoms with E-state index in [-0.39, 0.29) is 18.8 Å². The van der Waals surface area contributed by atoms with Crippen LogP contribution in [0.5, 0.6) is 0 Å². The lowest BCUT2D eigenvalue weighted by atomic mass is 9.75. The predicted molar refractivity (Wildman–Crippen MR) is 59.5 cm³/mol. The van der Waals surface area contributed by atoms with Crippen molar-refractivity contribution in [3.63, 3.8) is 0 Å². The van der Waals surface area contributed by atoms with Gasteiger partial charge in [-0.3, -0.25) is 9.59 Å². The molecule has 18 heavy (non-hydrogen) atoms. The smallest absolute Gasteiger partial charge is 0.325 e. The summed E-state index contributed by atoms with van der Waals surface area (Å²) in [5.41, 5.74) is -1.34. The third kappa shape index (κ3) is 2.10. The summed E-state index contributed by atoms with van der Waals surface area (Å²) in [5, 5.41) is 0. The molecule has 2 aliphatic heterocycles. The highest BCUT2D eigenvalue weighted by Crippen LogP contribution is 2.41. The molecule has 0 amide bonds. The van der Waals surface area contributed by atoms with E-state index < -0.39 is 17.4 Å². The number of carbonyl (C=O) groups is 2. The summed E-state index contributed by atoms with van der Waals surface area (Å²) in [5.74, 6) is -1.16. The maximum Gasteiger partial charge on any atom is 0.325 e. The van der Waals surface area contributed by atoms with Gasteiger partial charge in [0.25, 0.3) is 0 Å². The molecule has 0 aromatic heterocycles. The van der Waals surface area contributed by atoms with Gasteiger partial charge in [-0.15, -0.1) is 0 Å². The number of carbonyl (C=O) groups excluding carboxylic acids is 2. The van der Waals surface area contributed by atoms with E-state index >= 15 is 0 Å². The number of hydrogen-bond donors (Lipinski definition) is 0. The van der Waals surface area contributed by atoms with Crippen molar-refractivity contribution in [3.8, 4) is 0 Å². The number of ether oxygens (including phenoxy) is 4. The number of methoxy groups -OCH3 is 2. The van der Waals surface area contributed by atoms with E-state index in [9.17, 15) is 9.59 Å². The van der Waals surface area contributed by atoms with Crippen molar-refractivity contribution in [2.24, 2.45) is 11.3 Å². The molecule has 0 saturated carbocycles. The van der Waals surface area contributed by atoms with Crippen LogP contribution in [0.3, 0.4) is 0 Å². The minimum atomic E-state index is -1.34. The maximum absolute atomic E-state index is 11.9. The first kappa shape index (κ1) is 13.3. The molecular formula is C12H18O6. The highest BCUT2D eigenvalue weighted by molar-refractivity contribution is 6.00. The Balaban J connectivity index is 2.21. The van der Waals surface area contributed by atoms with Crippen molar-refractivity contribution >= 4 is 11.9 Å². The molecule has 0 aliphatic carbocycles. The zero-order valence-electron chi connectivity index (χ0n) is 10.6. The first-order valence-electron chi connectivity index (χ1n) is 6.04. The Morgan fingerprint density at radius 1 is 1.17 bits per heavy atom. The van der Waals surface area contributed by atoms with Gasteiger partial charge in [0.2, 0.25) is 0 Å². The lowest BCUT2D eigenvalue weighted by Gasteiger charge is -2.42. The lowest BCUT2D eigenvalue weighted by Crippen LogP contribution is -2.53. The van der Waals surface area contributed by atoms with Crippen molar-refractivity contribution in [1.29, 1.82) is 0 Å². The Morgan fingerprint density at radius 3 is 2.44 bits per heavy atom. The highest BCUT2D eigenvalue weighted by Gasteiger charge is 2.55. The Labute approximate surface area is 106 Å². The standard InChI is InChI=1S/C12H18O6/c1-15-10(13)12(11(14)16-2)6-8-4-3-5-17-9(8)18-7-12/h8-9H,3-7H2,1-2H3/t8-,9+/m1/s1. The van der Waals surface area contributed by atoms with Crippen molar-refractivity contribution in [1.82, 2.24) is 0 Å². The Bertz CT molecular complexity index is 323. The highest BCUT2D eigenvalue weighted by atomic mass is 16.7. The summed E-state index contributed by atoms with van der Waals surface area (Å²) in [6.45, 7) is 0.609. The largest absolute Gasteiger partial charge is 0.468 e. The van der Waals surface area contributed by atoms with Crippen LogP contribution in [0.15, 0.2) is 0 Å². The molecule has 2 aliphatic rings. The van der Waals surface area contributed by atoms with E-state index in [0.717, 1.165) is 12.8 Å². The fraction of sp³-hybridized carbons (Fsp3) is 0.833. The van der Waals surface area contributed by atoms with Crippen LogP contribution in [0.25, 0.3) is 0 Å². The summed E-state index contributed by atoms with van der Waals surface area (Å²) in [6, 6.07) is 0. The zero-order valence-corrected chi connectivity index (χ0v) is 10.6. The predicted octanol–water partition coefficient (Wildman–Crippen LogP) is 0.492. The minimum Gasteiger partial charge on any atom is -0.468 e. The molecule has 6 nitrogen and oxygen atoms in total. The molecule has 2 fully saturated rings. The fourth-order valence-electron chi connectivity index (χ4n) is 2.69. The molecule has 2 saturated heterocycles. The van der Waals surface area contributed by atoms with Gasteiger partial charge in [0.15, 0.2) is 11.7 Å². The van der Waals surface area contributed by atoms with Gasteiger partial charge >= 0.3 is 11.9 Å². The van der Waals surface area contributed by atoms with Gasteiger partial charge in [-0.2, -0.15) is 0 Å². The average Bonchev–Trinajstić information content (AvgIpc) is 2.44. The molecule has 0 aromatic carbocycles. The number of rotatable bonds is 2. The third-order valence-electron chi connectivity index (χ3n) is 3.64. The molecule has 2 rings (SSSR count). The minimum absolute atomic E-state index is 0.0331. The molecule has 2 heterocycles. The van der Waals surface area contributed by atoms with Crippen LogP contribution < -0.4 is 0 Å². The average molecular weight is 258 g/mol. The Kier molecular flexibility index (Phi) is 3.87. The second kappa shape index (κ2) is 5.24. The molecule has 0 radical (unpaired) electrons. The van der Waals surface area contributed by atoms with Gasteiger partial charge in [-0.1, -0.05) is 0 Å². The van der Waals surface area contributed by atoms with Gasteiger partial charge in [0, 0.05) is 12.5 Å². The van der Waals surface area contributed by atoms with E-state index in [1.165, 1.54) is 14.2 Å². The molecule has 0 aromatic rings. The molecule has 0 N–H and O–H groups in total. The lowest BCUT2D eigenvalue weighted by molar-refractivity contribution is -0.246. The number of hydrogen-bond acceptors (Lipinski definition) is 6. The first-order chi connectivity index (χ1) is 8.64. The fourth-order valence-corrected chi connectivity index (χ4v) is 2.69. The maximum atomic E-state index is 11.9. The molecule has 0 spiro atoms. The van der Waals surface area contributed by atoms with E-state index in [4.69, 9.17) is 18.9 Å². The third-order valence-corrected chi connectivity index (χ3v) is 3.64. The van der Waals surface area contributed by atoms with E-state index in [2.05, 4.69) is 0 Å². The van der Waals surface area contributed by atoms with Crippen LogP contribution >= 0.6 is 0 Å². The number of esters is 2. The molecule has 6 heteroatoms. The van der Waals surface area contributed by atoms with Crippen LogP contribution in [0, 0.1) is 11.3 Å². The summed E-state index contributed by atoms with van der Waals surface area (Å²) < 4.78 is 20.5. The van der Waals surface area contributed by atoms with E-state index in [0.29, 0.717) is 13.0 Å². The van der Waals surface area contributed by atoms with Gasteiger partial charge in [0.05, 0.1) is 20.8 Å². The van der Waals surface area contributed by atoms with Crippen molar-refractivity contribution in [2.45, 2.75) is 25.6 Å². The quantitative estimate of drug-likeness (QED) is 0.530. The summed E-state index contributed by atoms with van der Waals surface area (Å²) in [7, 11) is 2.52. The van der Waals surface area contributed by atoms with Gasteiger partial charge in [-0.25, -0.2) is 0 Å². The van der Waals surface area contributed by atoms with Crippen LogP contribution in [0.2, 0.25) is 0 Å². The summed E-state index contributed by atoms with van der Waals surface area (Å²) >= 11 is 0. The molecule has 0 bridgehead atoms. The van der Waals surface area contributed by atoms with Crippen molar-refractivity contribution in [3.05, 3.63) is 0 Å². The SMILES string of the molecule is COC(=O)C1(C(=O)OC)CO[C@@H]2OCCC[C@@H]2C1. The second-order valence-corrected chi connectivity index (χ2v) is 4.72. The van der Waals surface area contributed by atoms with Gasteiger partial charge in [-0.05, 0) is 19.3 Å². The number of fused-ring (bicyclic) bond motifs is 1. The molecular weight excluding hydrogens is 240 g/mol. The first-order valence-corrected chi connectivity index (χ1v) is 6.04. The Morgan fingerprint density at radius 2 is 1.83 bits per heavy atom. The van der Waals surface area contributed by atoms with Crippen LogP contribution in [-0.4, -0.2) is 45.7 Å². The topological polar surface area (TPSA) is 71.1 Å². The van der Waals surface area contributed by atoms with Crippen LogP contribution in [0.1, 0.15) is 19.3 Å². The summed E-state index contributed by atoms with van der Waals surface area (Å²) in [4.78, 5) is 23.8. The monoisotopic (exact) mass is 258 g/mol. The van der Waals surface area contributed by atoms with E-state index in [1.807, 2.05) is 0 Å². The van der Waals surface area contributed by atoms with Gasteiger partial charge in [0.1, 0.15) is 0 Å². The van der Waals surface area contributed by atoms with Crippen LogP contribution in [-0.2, 0) is 28.5 Å². The normalized spacial score (nSPS) is 30.1. The molecule has 2 atom stereocenters.